The number of nitrogens with one attached hydrogen (secondary N) is 1. The zero-order valence-corrected chi connectivity index (χ0v) is 14.8. The van der Waals surface area contributed by atoms with E-state index in [0.717, 1.165) is 22.4 Å². The van der Waals surface area contributed by atoms with Crippen LogP contribution in [0.25, 0.3) is 0 Å². The van der Waals surface area contributed by atoms with Gasteiger partial charge in [0, 0.05) is 11.4 Å². The van der Waals surface area contributed by atoms with Gasteiger partial charge < -0.3 is 10.1 Å². The van der Waals surface area contributed by atoms with Gasteiger partial charge in [-0.05, 0) is 34.9 Å². The smallest absolute Gasteiger partial charge is 0.262 e. The summed E-state index contributed by atoms with van der Waals surface area (Å²) in [4.78, 5) is 12.9. The highest BCUT2D eigenvalue weighted by molar-refractivity contribution is 6.30. The molecular formula is C22H18ClNO2. The molecule has 0 fully saturated rings. The lowest BCUT2D eigenvalue weighted by atomic mass is 9.98. The van der Waals surface area contributed by atoms with Gasteiger partial charge in [0.2, 0.25) is 0 Å². The minimum atomic E-state index is -0.543. The van der Waals surface area contributed by atoms with E-state index in [1.54, 1.807) is 6.07 Å². The number of rotatable bonds is 4. The molecule has 1 heterocycles. The summed E-state index contributed by atoms with van der Waals surface area (Å²) in [5, 5.41) is 3.80. The van der Waals surface area contributed by atoms with Crippen molar-refractivity contribution < 1.29 is 9.53 Å². The first-order valence-corrected chi connectivity index (χ1v) is 8.94. The molecule has 0 saturated carbocycles. The highest BCUT2D eigenvalue weighted by Gasteiger charge is 2.31. The van der Waals surface area contributed by atoms with Gasteiger partial charge in [0.25, 0.3) is 5.91 Å². The van der Waals surface area contributed by atoms with Crippen LogP contribution in [0.3, 0.4) is 0 Å². The zero-order chi connectivity index (χ0) is 17.9. The Labute approximate surface area is 157 Å². The number of carbonyl (C=O) groups excluding carboxylic acids is 1. The largest absolute Gasteiger partial charge is 0.480 e. The van der Waals surface area contributed by atoms with Crippen LogP contribution in [0.1, 0.15) is 22.7 Å². The van der Waals surface area contributed by atoms with Gasteiger partial charge >= 0.3 is 0 Å². The lowest BCUT2D eigenvalue weighted by Crippen LogP contribution is -2.40. The predicted octanol–water partition coefficient (Wildman–Crippen LogP) is 4.55. The Morgan fingerprint density at radius 3 is 2.19 bits per heavy atom. The predicted molar refractivity (Wildman–Crippen MR) is 102 cm³/mol. The molecule has 4 heteroatoms. The maximum absolute atomic E-state index is 12.9. The van der Waals surface area contributed by atoms with E-state index in [2.05, 4.69) is 5.32 Å². The normalized spacial score (nSPS) is 15.4. The van der Waals surface area contributed by atoms with Crippen molar-refractivity contribution in [3.63, 3.8) is 0 Å². The van der Waals surface area contributed by atoms with Crippen LogP contribution in [-0.4, -0.2) is 12.0 Å². The van der Waals surface area contributed by atoms with Gasteiger partial charge in [0.05, 0.1) is 6.04 Å². The maximum Gasteiger partial charge on any atom is 0.262 e. The second-order valence-corrected chi connectivity index (χ2v) is 6.76. The molecule has 0 aliphatic carbocycles. The average molecular weight is 364 g/mol. The SMILES string of the molecule is O=C(NC(c1ccccc1)c1ccccc1)[C@@H]1Cc2cc(Cl)ccc2O1. The molecule has 0 unspecified atom stereocenters. The van der Waals surface area contributed by atoms with E-state index >= 15 is 0 Å². The van der Waals surface area contributed by atoms with Crippen molar-refractivity contribution in [1.29, 1.82) is 0 Å². The Hall–Kier alpha value is -2.78. The lowest BCUT2D eigenvalue weighted by molar-refractivity contribution is -0.127. The van der Waals surface area contributed by atoms with E-state index in [-0.39, 0.29) is 11.9 Å². The number of hydrogen-bond acceptors (Lipinski definition) is 2. The number of hydrogen-bond donors (Lipinski definition) is 1. The third-order valence-electron chi connectivity index (χ3n) is 4.54. The summed E-state index contributed by atoms with van der Waals surface area (Å²) >= 11 is 6.04. The molecule has 0 saturated heterocycles. The van der Waals surface area contributed by atoms with E-state index in [4.69, 9.17) is 16.3 Å². The van der Waals surface area contributed by atoms with Gasteiger partial charge in [-0.2, -0.15) is 0 Å². The summed E-state index contributed by atoms with van der Waals surface area (Å²) in [5.74, 6) is 0.598. The van der Waals surface area contributed by atoms with Crippen molar-refractivity contribution in [2.24, 2.45) is 0 Å². The number of benzene rings is 3. The van der Waals surface area contributed by atoms with E-state index in [1.165, 1.54) is 0 Å². The molecule has 0 bridgehead atoms. The molecule has 26 heavy (non-hydrogen) atoms. The fourth-order valence-electron chi connectivity index (χ4n) is 3.25. The van der Waals surface area contributed by atoms with Gasteiger partial charge in [-0.1, -0.05) is 72.3 Å². The highest BCUT2D eigenvalue weighted by Crippen LogP contribution is 2.32. The summed E-state index contributed by atoms with van der Waals surface area (Å²) in [6, 6.07) is 25.1. The minimum Gasteiger partial charge on any atom is -0.480 e. The van der Waals surface area contributed by atoms with Crippen LogP contribution in [-0.2, 0) is 11.2 Å². The quantitative estimate of drug-likeness (QED) is 0.738. The first kappa shape index (κ1) is 16.7. The molecule has 130 valence electrons. The van der Waals surface area contributed by atoms with Crippen LogP contribution < -0.4 is 10.1 Å². The molecule has 1 atom stereocenters. The molecule has 3 aromatic rings. The second-order valence-electron chi connectivity index (χ2n) is 6.33. The van der Waals surface area contributed by atoms with Gasteiger partial charge in [-0.3, -0.25) is 4.79 Å². The van der Waals surface area contributed by atoms with Gasteiger partial charge in [0.15, 0.2) is 6.10 Å². The van der Waals surface area contributed by atoms with Crippen molar-refractivity contribution >= 4 is 17.5 Å². The molecule has 1 amide bonds. The first-order valence-electron chi connectivity index (χ1n) is 8.56. The van der Waals surface area contributed by atoms with Crippen molar-refractivity contribution in [3.8, 4) is 5.75 Å². The van der Waals surface area contributed by atoms with Crippen LogP contribution in [0.2, 0.25) is 5.02 Å². The van der Waals surface area contributed by atoms with E-state index in [9.17, 15) is 4.79 Å². The Kier molecular flexibility index (Phi) is 4.63. The Morgan fingerprint density at radius 2 is 1.58 bits per heavy atom. The van der Waals surface area contributed by atoms with E-state index in [1.807, 2.05) is 72.8 Å². The molecule has 1 aliphatic rings. The first-order chi connectivity index (χ1) is 12.7. The van der Waals surface area contributed by atoms with Gasteiger partial charge in [-0.25, -0.2) is 0 Å². The molecule has 4 rings (SSSR count). The molecule has 3 nitrogen and oxygen atoms in total. The van der Waals surface area contributed by atoms with Crippen LogP contribution in [0.4, 0.5) is 0 Å². The second kappa shape index (κ2) is 7.22. The molecular weight excluding hydrogens is 346 g/mol. The molecule has 3 aromatic carbocycles. The van der Waals surface area contributed by atoms with E-state index < -0.39 is 6.10 Å². The Morgan fingerprint density at radius 1 is 0.962 bits per heavy atom. The van der Waals surface area contributed by atoms with Gasteiger partial charge in [-0.15, -0.1) is 0 Å². The fourth-order valence-corrected chi connectivity index (χ4v) is 3.44. The number of ether oxygens (including phenoxy) is 1. The highest BCUT2D eigenvalue weighted by atomic mass is 35.5. The van der Waals surface area contributed by atoms with Crippen molar-refractivity contribution in [3.05, 3.63) is 101 Å². The molecule has 0 radical (unpaired) electrons. The fraction of sp³-hybridized carbons (Fsp3) is 0.136. The monoisotopic (exact) mass is 363 g/mol. The maximum atomic E-state index is 12.9. The summed E-state index contributed by atoms with van der Waals surface area (Å²) < 4.78 is 5.83. The average Bonchev–Trinajstić information content (AvgIpc) is 3.10. The van der Waals surface area contributed by atoms with Gasteiger partial charge in [0.1, 0.15) is 5.75 Å². The Balaban J connectivity index is 1.56. The summed E-state index contributed by atoms with van der Waals surface area (Å²) in [5.41, 5.74) is 3.03. The standard InChI is InChI=1S/C22H18ClNO2/c23-18-11-12-19-17(13-18)14-20(26-19)22(25)24-21(15-7-3-1-4-8-15)16-9-5-2-6-10-16/h1-13,20-21H,14H2,(H,24,25)/t20-/m0/s1. The lowest BCUT2D eigenvalue weighted by Gasteiger charge is -2.21. The topological polar surface area (TPSA) is 38.3 Å². The summed E-state index contributed by atoms with van der Waals surface area (Å²) in [6.45, 7) is 0. The number of fused-ring (bicyclic) bond motifs is 1. The molecule has 0 aromatic heterocycles. The van der Waals surface area contributed by atoms with Crippen LogP contribution >= 0.6 is 11.6 Å². The summed E-state index contributed by atoms with van der Waals surface area (Å²) in [7, 11) is 0. The Bertz CT molecular complexity index is 872. The zero-order valence-electron chi connectivity index (χ0n) is 14.1. The molecule has 0 spiro atoms. The third-order valence-corrected chi connectivity index (χ3v) is 4.78. The van der Waals surface area contributed by atoms with Crippen molar-refractivity contribution in [2.45, 2.75) is 18.6 Å². The summed E-state index contributed by atoms with van der Waals surface area (Å²) in [6.07, 6.45) is -0.0173. The minimum absolute atomic E-state index is 0.130. The molecule has 1 aliphatic heterocycles. The van der Waals surface area contributed by atoms with Crippen LogP contribution in [0.15, 0.2) is 78.9 Å². The van der Waals surface area contributed by atoms with Crippen molar-refractivity contribution in [2.75, 3.05) is 0 Å². The van der Waals surface area contributed by atoms with Crippen molar-refractivity contribution in [1.82, 2.24) is 5.32 Å². The third kappa shape index (κ3) is 3.44. The molecule has 1 N–H and O–H groups in total. The van der Waals surface area contributed by atoms with E-state index in [0.29, 0.717) is 11.4 Å². The number of carbonyl (C=O) groups is 1. The van der Waals surface area contributed by atoms with Crippen LogP contribution in [0.5, 0.6) is 5.75 Å². The van der Waals surface area contributed by atoms with Crippen LogP contribution in [0, 0.1) is 0 Å². The number of halogens is 1. The number of amides is 1.